The summed E-state index contributed by atoms with van der Waals surface area (Å²) < 4.78 is 43.0. The first-order valence-corrected chi connectivity index (χ1v) is 19.9. The Kier molecular flexibility index (Phi) is 13.7. The van der Waals surface area contributed by atoms with Crippen LogP contribution in [0, 0.1) is 36.3 Å². The molecule has 2 saturated heterocycles. The number of likely N-dealkylation sites (tertiary alicyclic amines) is 1. The molecule has 4 aliphatic rings. The zero-order valence-electron chi connectivity index (χ0n) is 32.1. The number of furan rings is 2. The molecule has 0 bridgehead atoms. The maximum atomic E-state index is 13.4. The molecule has 54 heavy (non-hydrogen) atoms. The Morgan fingerprint density at radius 1 is 0.833 bits per heavy atom. The number of carbonyl (C=O) groups is 3. The molecule has 2 amide bonds. The fourth-order valence-corrected chi connectivity index (χ4v) is 8.08. The fraction of sp³-hybridized carbons (Fsp3) is 0.452. The van der Waals surface area contributed by atoms with Crippen molar-refractivity contribution in [2.75, 3.05) is 31.1 Å². The summed E-state index contributed by atoms with van der Waals surface area (Å²) >= 11 is 1.96. The van der Waals surface area contributed by atoms with E-state index in [1.165, 1.54) is 24.3 Å². The number of amides is 2. The summed E-state index contributed by atoms with van der Waals surface area (Å²) in [6.07, 6.45) is 9.67. The minimum Gasteiger partial charge on any atom is -0.469 e. The van der Waals surface area contributed by atoms with Gasteiger partial charge >= 0.3 is 6.03 Å². The highest BCUT2D eigenvalue weighted by Gasteiger charge is 2.42. The van der Waals surface area contributed by atoms with E-state index in [2.05, 4.69) is 10.6 Å². The van der Waals surface area contributed by atoms with Crippen LogP contribution in [-0.2, 0) is 25.9 Å². The van der Waals surface area contributed by atoms with Crippen LogP contribution in [0.4, 0.5) is 13.6 Å². The van der Waals surface area contributed by atoms with Gasteiger partial charge < -0.3 is 30.1 Å². The molecule has 290 valence electrons. The number of Topliss-reactive ketones (excluding diaryl/α,β-unsaturated/α-hetero) is 2. The van der Waals surface area contributed by atoms with Crippen molar-refractivity contribution in [2.24, 2.45) is 16.6 Å². The van der Waals surface area contributed by atoms with Gasteiger partial charge in [-0.3, -0.25) is 9.59 Å². The van der Waals surface area contributed by atoms with E-state index in [0.29, 0.717) is 55.1 Å². The number of piperidine rings is 2. The van der Waals surface area contributed by atoms with Crippen LogP contribution in [0.2, 0.25) is 0 Å². The largest absolute Gasteiger partial charge is 0.469 e. The minimum absolute atomic E-state index is 0.0177. The van der Waals surface area contributed by atoms with Gasteiger partial charge in [-0.05, 0) is 129 Å². The minimum atomic E-state index is -0.364. The predicted octanol–water partition coefficient (Wildman–Crippen LogP) is 8.27. The standard InChI is InChI=1S/C21H23FN2O3.C14H16FNO.C6H9NO.CH3I/c1-14-16(4-9-27-14)13-23-20(26)24-7-5-21(6-8-24)11-15-2-3-17(22)10-18(15)19(25)12-21;15-11-2-1-10-8-14(3-5-16-6-4-14)9-13(17)12(10)7-11;1-5-6(4-7)2-3-8-5;1-2/h2-4,9-10H,5-8,11-13H2,1H3,(H,23,26);1-2,7,16H,3-6,8-9H2;2-3H,4,7H2,1H3;1H3/i;;;1D. The molecule has 12 heteroatoms. The van der Waals surface area contributed by atoms with Crippen LogP contribution in [0.25, 0.3) is 0 Å². The van der Waals surface area contributed by atoms with E-state index in [1.54, 1.807) is 24.7 Å². The zero-order valence-corrected chi connectivity index (χ0v) is 33.2. The first-order chi connectivity index (χ1) is 26.4. The Morgan fingerprint density at radius 3 is 1.76 bits per heavy atom. The van der Waals surface area contributed by atoms with Crippen LogP contribution in [0.5, 0.6) is 0 Å². The highest BCUT2D eigenvalue weighted by Crippen LogP contribution is 2.44. The number of rotatable bonds is 3. The molecule has 8 rings (SSSR count). The number of aryl methyl sites for hydroxylation is 2. The smallest absolute Gasteiger partial charge is 0.317 e. The SMILES string of the molecule is Cc1occc1CN.Cc1occc1CNC(=O)N1CCC2(CC1)CC(=O)c1cc(F)ccc1C2.O=C1CC2(CCNCC2)Cc2ccc(F)cc21.[2H]CI. The summed E-state index contributed by atoms with van der Waals surface area (Å²) in [5, 5.41) is 6.27. The predicted molar refractivity (Wildman–Crippen MR) is 213 cm³/mol. The zero-order chi connectivity index (χ0) is 39.6. The lowest BCUT2D eigenvalue weighted by molar-refractivity contribution is 0.0734. The number of alkyl halides is 1. The van der Waals surface area contributed by atoms with Crippen molar-refractivity contribution in [3.63, 3.8) is 0 Å². The van der Waals surface area contributed by atoms with Crippen molar-refractivity contribution < 1.29 is 33.4 Å². The molecule has 2 fully saturated rings. The first-order valence-electron chi connectivity index (χ1n) is 19.1. The van der Waals surface area contributed by atoms with Crippen LogP contribution >= 0.6 is 22.6 Å². The topological polar surface area (TPSA) is 131 Å². The van der Waals surface area contributed by atoms with Crippen molar-refractivity contribution in [2.45, 2.75) is 78.3 Å². The number of hydrogen-bond acceptors (Lipinski definition) is 7. The number of nitrogens with zero attached hydrogens (tertiary/aromatic N) is 1. The van der Waals surface area contributed by atoms with Gasteiger partial charge in [0.2, 0.25) is 0 Å². The fourth-order valence-electron chi connectivity index (χ4n) is 8.08. The van der Waals surface area contributed by atoms with E-state index in [1.807, 2.05) is 53.5 Å². The van der Waals surface area contributed by atoms with Crippen molar-refractivity contribution in [1.29, 1.82) is 0 Å². The Balaban J connectivity index is 0.000000175. The molecule has 0 atom stereocenters. The second-order valence-electron chi connectivity index (χ2n) is 14.8. The number of hydrogen-bond donors (Lipinski definition) is 3. The van der Waals surface area contributed by atoms with Gasteiger partial charge in [0.15, 0.2) is 11.6 Å². The number of ketones is 2. The van der Waals surface area contributed by atoms with E-state index in [0.717, 1.165) is 85.4 Å². The molecule has 4 heterocycles. The summed E-state index contributed by atoms with van der Waals surface area (Å²) in [6, 6.07) is 12.8. The van der Waals surface area contributed by atoms with Gasteiger partial charge in [-0.1, -0.05) is 34.7 Å². The van der Waals surface area contributed by atoms with Gasteiger partial charge in [0.05, 0.1) is 12.5 Å². The number of halogens is 3. The Hall–Kier alpha value is -3.88. The number of carbonyl (C=O) groups excluding carboxylic acids is 3. The molecule has 2 aromatic heterocycles. The van der Waals surface area contributed by atoms with Crippen LogP contribution in [0.1, 0.15) is 94.4 Å². The van der Waals surface area contributed by atoms with E-state index in [9.17, 15) is 23.2 Å². The van der Waals surface area contributed by atoms with Gasteiger partial charge in [0, 0.05) is 62.6 Å². The van der Waals surface area contributed by atoms with Crippen LogP contribution in [-0.4, -0.2) is 53.6 Å². The maximum Gasteiger partial charge on any atom is 0.317 e. The molecular formula is C42H51F2IN4O5. The van der Waals surface area contributed by atoms with Gasteiger partial charge in [0.1, 0.15) is 23.2 Å². The number of fused-ring (bicyclic) bond motifs is 2. The van der Waals surface area contributed by atoms with E-state index in [4.69, 9.17) is 15.9 Å². The lowest BCUT2D eigenvalue weighted by Crippen LogP contribution is -2.49. The molecule has 2 aromatic carbocycles. The Bertz CT molecular complexity index is 1930. The highest BCUT2D eigenvalue weighted by atomic mass is 127. The summed E-state index contributed by atoms with van der Waals surface area (Å²) in [5.74, 6) is 1.20. The molecule has 4 aromatic rings. The monoisotopic (exact) mass is 857 g/mol. The van der Waals surface area contributed by atoms with Gasteiger partial charge in [-0.2, -0.15) is 0 Å². The molecule has 0 radical (unpaired) electrons. The van der Waals surface area contributed by atoms with Gasteiger partial charge in [0.25, 0.3) is 0 Å². The number of urea groups is 1. The molecule has 9 nitrogen and oxygen atoms in total. The van der Waals surface area contributed by atoms with Crippen LogP contribution in [0.15, 0.2) is 69.9 Å². The van der Waals surface area contributed by atoms with Crippen LogP contribution in [0.3, 0.4) is 0 Å². The summed E-state index contributed by atoms with van der Waals surface area (Å²) in [7, 11) is 0. The van der Waals surface area contributed by atoms with Gasteiger partial charge in [-0.15, -0.1) is 0 Å². The number of benzene rings is 2. The van der Waals surface area contributed by atoms with E-state index in [-0.39, 0.29) is 40.1 Å². The van der Waals surface area contributed by atoms with E-state index >= 15 is 0 Å². The third-order valence-corrected chi connectivity index (χ3v) is 11.3. The lowest BCUT2D eigenvalue weighted by atomic mass is 9.66. The molecule has 0 saturated carbocycles. The third kappa shape index (κ3) is 10.0. The molecule has 2 aliphatic heterocycles. The number of nitrogens with one attached hydrogen (secondary N) is 2. The second kappa shape index (κ2) is 18.6. The van der Waals surface area contributed by atoms with Crippen molar-refractivity contribution >= 4 is 40.2 Å². The maximum absolute atomic E-state index is 13.4. The van der Waals surface area contributed by atoms with E-state index < -0.39 is 0 Å². The normalized spacial score (nSPS) is 18.1. The molecule has 2 spiro atoms. The Labute approximate surface area is 331 Å². The summed E-state index contributed by atoms with van der Waals surface area (Å²) in [4.78, 5) is 39.4. The third-order valence-electron chi connectivity index (χ3n) is 11.3. The highest BCUT2D eigenvalue weighted by molar-refractivity contribution is 14.1. The number of nitrogens with two attached hydrogens (primary N) is 1. The molecular weight excluding hydrogens is 805 g/mol. The van der Waals surface area contributed by atoms with Crippen molar-refractivity contribution in [1.82, 2.24) is 15.5 Å². The van der Waals surface area contributed by atoms with Crippen molar-refractivity contribution in [3.05, 3.63) is 118 Å². The summed E-state index contributed by atoms with van der Waals surface area (Å²) in [5.41, 5.74) is 10.5. The average molecular weight is 858 g/mol. The van der Waals surface area contributed by atoms with Crippen molar-refractivity contribution in [3.8, 4) is 0 Å². The lowest BCUT2D eigenvalue weighted by Gasteiger charge is -2.44. The summed E-state index contributed by atoms with van der Waals surface area (Å²) in [6.45, 7) is 8.02. The first kappa shape index (κ1) is 39.8. The van der Waals surface area contributed by atoms with Crippen LogP contribution < -0.4 is 16.4 Å². The Morgan fingerprint density at radius 2 is 1.31 bits per heavy atom. The van der Waals surface area contributed by atoms with Gasteiger partial charge in [-0.25, -0.2) is 13.6 Å². The quantitative estimate of drug-likeness (QED) is 0.140. The second-order valence-corrected chi connectivity index (χ2v) is 14.8. The molecule has 2 aliphatic carbocycles. The average Bonchev–Trinajstić information content (AvgIpc) is 3.79. The molecule has 0 unspecified atom stereocenters. The molecule has 4 N–H and O–H groups in total.